The van der Waals surface area contributed by atoms with E-state index in [4.69, 9.17) is 4.74 Å². The fourth-order valence-corrected chi connectivity index (χ4v) is 3.20. The van der Waals surface area contributed by atoms with E-state index in [9.17, 15) is 4.39 Å². The lowest BCUT2D eigenvalue weighted by atomic mass is 10.1. The molecule has 4 heteroatoms. The highest BCUT2D eigenvalue weighted by Gasteiger charge is 2.13. The third-order valence-electron chi connectivity index (χ3n) is 4.77. The minimum atomic E-state index is -0.221. The number of para-hydroxylation sites is 1. The van der Waals surface area contributed by atoms with Crippen LogP contribution in [0.3, 0.4) is 0 Å². The van der Waals surface area contributed by atoms with Crippen molar-refractivity contribution in [2.24, 2.45) is 0 Å². The summed E-state index contributed by atoms with van der Waals surface area (Å²) in [6.45, 7) is 6.17. The molecule has 0 radical (unpaired) electrons. The minimum Gasteiger partial charge on any atom is -0.489 e. The first-order valence-corrected chi connectivity index (χ1v) is 9.07. The highest BCUT2D eigenvalue weighted by atomic mass is 19.1. The van der Waals surface area contributed by atoms with E-state index < -0.39 is 0 Å². The maximum Gasteiger partial charge on any atom is 0.123 e. The topological polar surface area (TPSA) is 15.7 Å². The maximum absolute atomic E-state index is 13.3. The maximum atomic E-state index is 13.3. The van der Waals surface area contributed by atoms with E-state index >= 15 is 0 Å². The minimum absolute atomic E-state index is 0.221. The Labute approximate surface area is 150 Å². The lowest BCUT2D eigenvalue weighted by Crippen LogP contribution is -2.44. The number of halogens is 1. The Hall–Kier alpha value is -1.91. The van der Waals surface area contributed by atoms with E-state index in [0.29, 0.717) is 6.61 Å². The zero-order valence-corrected chi connectivity index (χ0v) is 15.0. The molecule has 25 heavy (non-hydrogen) atoms. The Morgan fingerprint density at radius 1 is 1.00 bits per heavy atom. The van der Waals surface area contributed by atoms with Crippen molar-refractivity contribution in [3.8, 4) is 5.75 Å². The van der Waals surface area contributed by atoms with Gasteiger partial charge < -0.3 is 14.5 Å². The number of aryl methyl sites for hydroxylation is 1. The van der Waals surface area contributed by atoms with Crippen LogP contribution in [-0.4, -0.2) is 49.6 Å². The molecule has 0 saturated carbocycles. The van der Waals surface area contributed by atoms with Gasteiger partial charge in [0.25, 0.3) is 0 Å². The van der Waals surface area contributed by atoms with Crippen molar-refractivity contribution in [3.05, 3.63) is 65.5 Å². The van der Waals surface area contributed by atoms with Crippen LogP contribution in [0.25, 0.3) is 0 Å². The number of nitrogens with zero attached hydrogens (tertiary/aromatic N) is 2. The van der Waals surface area contributed by atoms with Gasteiger partial charge >= 0.3 is 0 Å². The van der Waals surface area contributed by atoms with Crippen molar-refractivity contribution in [1.29, 1.82) is 0 Å². The molecule has 0 N–H and O–H groups in total. The standard InChI is InChI=1S/C21H27FN2O/c1-23-12-14-24(15-13-23)11-5-8-19-7-2-3-10-21(19)25-17-18-6-4-9-20(22)16-18/h2-4,6-7,9-10,16H,5,8,11-15,17H2,1H3. The van der Waals surface area contributed by atoms with Gasteiger partial charge in [0, 0.05) is 26.2 Å². The van der Waals surface area contributed by atoms with E-state index in [1.165, 1.54) is 17.7 Å². The second-order valence-electron chi connectivity index (χ2n) is 6.77. The van der Waals surface area contributed by atoms with Crippen LogP contribution in [0.4, 0.5) is 4.39 Å². The van der Waals surface area contributed by atoms with Crippen molar-refractivity contribution in [2.45, 2.75) is 19.4 Å². The van der Waals surface area contributed by atoms with Gasteiger partial charge in [0.15, 0.2) is 0 Å². The normalized spacial score (nSPS) is 16.1. The molecule has 1 aliphatic heterocycles. The summed E-state index contributed by atoms with van der Waals surface area (Å²) in [6, 6.07) is 14.8. The van der Waals surface area contributed by atoms with Crippen molar-refractivity contribution >= 4 is 0 Å². The zero-order valence-electron chi connectivity index (χ0n) is 15.0. The Bertz CT molecular complexity index is 668. The van der Waals surface area contributed by atoms with Gasteiger partial charge in [0.2, 0.25) is 0 Å². The van der Waals surface area contributed by atoms with Crippen LogP contribution in [0.2, 0.25) is 0 Å². The van der Waals surface area contributed by atoms with Crippen molar-refractivity contribution < 1.29 is 9.13 Å². The third kappa shape index (κ3) is 5.55. The molecule has 1 heterocycles. The van der Waals surface area contributed by atoms with Gasteiger partial charge in [-0.05, 0) is 55.8 Å². The number of hydrogen-bond donors (Lipinski definition) is 0. The Kier molecular flexibility index (Phi) is 6.42. The number of hydrogen-bond acceptors (Lipinski definition) is 3. The second-order valence-corrected chi connectivity index (χ2v) is 6.77. The predicted octanol–water partition coefficient (Wildman–Crippen LogP) is 3.58. The fourth-order valence-electron chi connectivity index (χ4n) is 3.20. The second kappa shape index (κ2) is 8.97. The molecule has 0 aliphatic carbocycles. The van der Waals surface area contributed by atoms with Crippen LogP contribution in [-0.2, 0) is 13.0 Å². The summed E-state index contributed by atoms with van der Waals surface area (Å²) in [5.41, 5.74) is 2.08. The Morgan fingerprint density at radius 2 is 1.80 bits per heavy atom. The zero-order chi connectivity index (χ0) is 17.5. The van der Waals surface area contributed by atoms with E-state index in [-0.39, 0.29) is 5.82 Å². The van der Waals surface area contributed by atoms with Gasteiger partial charge in [0.05, 0.1) is 0 Å². The smallest absolute Gasteiger partial charge is 0.123 e. The van der Waals surface area contributed by atoms with E-state index in [0.717, 1.165) is 56.9 Å². The van der Waals surface area contributed by atoms with Crippen LogP contribution in [0.15, 0.2) is 48.5 Å². The predicted molar refractivity (Wildman–Crippen MR) is 99.4 cm³/mol. The molecule has 0 aromatic heterocycles. The summed E-state index contributed by atoms with van der Waals surface area (Å²) in [4.78, 5) is 4.92. The highest BCUT2D eigenvalue weighted by molar-refractivity contribution is 5.33. The Balaban J connectivity index is 1.50. The molecule has 134 valence electrons. The quantitative estimate of drug-likeness (QED) is 0.765. The molecule has 1 aliphatic rings. The average molecular weight is 342 g/mol. The van der Waals surface area contributed by atoms with Gasteiger partial charge in [-0.3, -0.25) is 0 Å². The van der Waals surface area contributed by atoms with Crippen LogP contribution in [0, 0.1) is 5.82 Å². The molecule has 0 bridgehead atoms. The molecule has 2 aromatic carbocycles. The van der Waals surface area contributed by atoms with Crippen LogP contribution < -0.4 is 4.74 Å². The van der Waals surface area contributed by atoms with Gasteiger partial charge in [-0.15, -0.1) is 0 Å². The van der Waals surface area contributed by atoms with E-state index in [1.54, 1.807) is 6.07 Å². The molecule has 3 nitrogen and oxygen atoms in total. The van der Waals surface area contributed by atoms with Gasteiger partial charge in [0.1, 0.15) is 18.2 Å². The van der Waals surface area contributed by atoms with Crippen LogP contribution in [0.5, 0.6) is 5.75 Å². The van der Waals surface area contributed by atoms with Crippen molar-refractivity contribution in [1.82, 2.24) is 9.80 Å². The Morgan fingerprint density at radius 3 is 2.60 bits per heavy atom. The SMILES string of the molecule is CN1CCN(CCCc2ccccc2OCc2cccc(F)c2)CC1. The first-order chi connectivity index (χ1) is 12.2. The molecular formula is C21H27FN2O. The monoisotopic (exact) mass is 342 g/mol. The van der Waals surface area contributed by atoms with E-state index in [2.05, 4.69) is 29.0 Å². The number of ether oxygens (including phenoxy) is 1. The summed E-state index contributed by atoms with van der Waals surface area (Å²) in [5, 5.41) is 0. The van der Waals surface area contributed by atoms with Gasteiger partial charge in [-0.25, -0.2) is 4.39 Å². The van der Waals surface area contributed by atoms with Crippen LogP contribution in [0.1, 0.15) is 17.5 Å². The number of rotatable bonds is 7. The number of piperazine rings is 1. The third-order valence-corrected chi connectivity index (χ3v) is 4.77. The molecule has 3 rings (SSSR count). The largest absolute Gasteiger partial charge is 0.489 e. The highest BCUT2D eigenvalue weighted by Crippen LogP contribution is 2.21. The lowest BCUT2D eigenvalue weighted by Gasteiger charge is -2.32. The molecule has 0 atom stereocenters. The van der Waals surface area contributed by atoms with Crippen LogP contribution >= 0.6 is 0 Å². The van der Waals surface area contributed by atoms with Gasteiger partial charge in [-0.1, -0.05) is 30.3 Å². The molecular weight excluding hydrogens is 315 g/mol. The lowest BCUT2D eigenvalue weighted by molar-refractivity contribution is 0.153. The molecule has 1 fully saturated rings. The van der Waals surface area contributed by atoms with Gasteiger partial charge in [-0.2, -0.15) is 0 Å². The molecule has 0 spiro atoms. The molecule has 0 unspecified atom stereocenters. The fraction of sp³-hybridized carbons (Fsp3) is 0.429. The molecule has 1 saturated heterocycles. The average Bonchev–Trinajstić information content (AvgIpc) is 2.63. The van der Waals surface area contributed by atoms with E-state index in [1.807, 2.05) is 18.2 Å². The van der Waals surface area contributed by atoms with Crippen molar-refractivity contribution in [3.63, 3.8) is 0 Å². The summed E-state index contributed by atoms with van der Waals surface area (Å²) in [5.74, 6) is 0.687. The molecule has 0 amide bonds. The number of likely N-dealkylation sites (N-methyl/N-ethyl adjacent to an activating group) is 1. The first kappa shape index (κ1) is 17.9. The molecule has 2 aromatic rings. The summed E-state index contributed by atoms with van der Waals surface area (Å²) < 4.78 is 19.2. The summed E-state index contributed by atoms with van der Waals surface area (Å²) >= 11 is 0. The van der Waals surface area contributed by atoms with Crippen molar-refractivity contribution in [2.75, 3.05) is 39.8 Å². The summed E-state index contributed by atoms with van der Waals surface area (Å²) in [7, 11) is 2.18. The first-order valence-electron chi connectivity index (χ1n) is 9.07. The summed E-state index contributed by atoms with van der Waals surface area (Å²) in [6.07, 6.45) is 2.13. The number of benzene rings is 2.